The monoisotopic (exact) mass is 311 g/mol. The van der Waals surface area contributed by atoms with Crippen LogP contribution in [0.15, 0.2) is 12.1 Å². The summed E-state index contributed by atoms with van der Waals surface area (Å²) in [4.78, 5) is 21.2. The van der Waals surface area contributed by atoms with Gasteiger partial charge in [-0.2, -0.15) is 0 Å². The number of nitro groups is 1. The highest BCUT2D eigenvalue weighted by Gasteiger charge is 2.19. The van der Waals surface area contributed by atoms with Crippen LogP contribution in [-0.4, -0.2) is 21.3 Å². The lowest BCUT2D eigenvalue weighted by Crippen LogP contribution is -2.04. The summed E-state index contributed by atoms with van der Waals surface area (Å²) in [5.41, 5.74) is 0.162. The van der Waals surface area contributed by atoms with Crippen LogP contribution >= 0.6 is 15.9 Å². The van der Waals surface area contributed by atoms with Gasteiger partial charge in [0.15, 0.2) is 0 Å². The van der Waals surface area contributed by atoms with E-state index in [1.165, 1.54) is 19.1 Å². The molecule has 0 saturated carbocycles. The molecule has 0 amide bonds. The van der Waals surface area contributed by atoms with E-state index in [9.17, 15) is 14.9 Å². The fourth-order valence-corrected chi connectivity index (χ4v) is 1.59. The Morgan fingerprint density at radius 1 is 1.56 bits per heavy atom. The Morgan fingerprint density at radius 2 is 2.22 bits per heavy atom. The van der Waals surface area contributed by atoms with Gasteiger partial charge in [0.25, 0.3) is 5.69 Å². The third kappa shape index (κ3) is 3.31. The van der Waals surface area contributed by atoms with Gasteiger partial charge in [-0.25, -0.2) is 4.79 Å². The van der Waals surface area contributed by atoms with Gasteiger partial charge in [-0.1, -0.05) is 27.8 Å². The average Bonchev–Trinajstić information content (AvgIpc) is 2.30. The van der Waals surface area contributed by atoms with Crippen LogP contribution in [0.4, 0.5) is 5.69 Å². The summed E-state index contributed by atoms with van der Waals surface area (Å²) in [6, 6.07) is 2.65. The average molecular weight is 312 g/mol. The minimum Gasteiger partial charge on any atom is -0.478 e. The molecule has 0 aliphatic carbocycles. The largest absolute Gasteiger partial charge is 0.478 e. The zero-order valence-electron chi connectivity index (χ0n) is 9.57. The summed E-state index contributed by atoms with van der Waals surface area (Å²) >= 11 is 3.21. The van der Waals surface area contributed by atoms with E-state index in [0.717, 1.165) is 0 Å². The first-order valence-corrected chi connectivity index (χ1v) is 6.16. The molecule has 5 nitrogen and oxygen atoms in total. The van der Waals surface area contributed by atoms with Crippen LogP contribution in [0.3, 0.4) is 0 Å². The number of carbonyl (C=O) groups is 1. The van der Waals surface area contributed by atoms with Gasteiger partial charge in [0.1, 0.15) is 0 Å². The molecule has 18 heavy (non-hydrogen) atoms. The van der Waals surface area contributed by atoms with Crippen LogP contribution in [0.2, 0.25) is 0 Å². The number of hydrogen-bond acceptors (Lipinski definition) is 3. The molecule has 0 spiro atoms. The molecule has 1 aromatic carbocycles. The van der Waals surface area contributed by atoms with Crippen molar-refractivity contribution in [1.82, 2.24) is 0 Å². The standard InChI is InChI=1S/C12H10BrNO4/c1-8-10(12(15)16)6-9(4-2-3-5-13)7-11(8)14(17)18/h6-7H,3,5H2,1H3,(H,15,16). The molecular formula is C12H10BrNO4. The molecular weight excluding hydrogens is 302 g/mol. The number of hydrogen-bond donors (Lipinski definition) is 1. The molecule has 1 aromatic rings. The van der Waals surface area contributed by atoms with Crippen molar-refractivity contribution >= 4 is 27.6 Å². The summed E-state index contributed by atoms with van der Waals surface area (Å²) in [5, 5.41) is 20.5. The van der Waals surface area contributed by atoms with E-state index in [-0.39, 0.29) is 16.8 Å². The van der Waals surface area contributed by atoms with Gasteiger partial charge in [-0.15, -0.1) is 0 Å². The van der Waals surface area contributed by atoms with Crippen molar-refractivity contribution < 1.29 is 14.8 Å². The van der Waals surface area contributed by atoms with Crippen molar-refractivity contribution in [3.8, 4) is 11.8 Å². The van der Waals surface area contributed by atoms with E-state index < -0.39 is 10.9 Å². The lowest BCUT2D eigenvalue weighted by molar-refractivity contribution is -0.385. The predicted molar refractivity (Wildman–Crippen MR) is 70.1 cm³/mol. The maximum absolute atomic E-state index is 11.0. The highest BCUT2D eigenvalue weighted by Crippen LogP contribution is 2.23. The Morgan fingerprint density at radius 3 is 2.72 bits per heavy atom. The zero-order chi connectivity index (χ0) is 13.7. The van der Waals surface area contributed by atoms with Crippen molar-refractivity contribution in [3.05, 3.63) is 38.9 Å². The third-order valence-electron chi connectivity index (χ3n) is 2.26. The van der Waals surface area contributed by atoms with E-state index >= 15 is 0 Å². The van der Waals surface area contributed by atoms with E-state index in [1.54, 1.807) is 0 Å². The molecule has 94 valence electrons. The Balaban J connectivity index is 3.35. The second-order valence-corrected chi connectivity index (χ2v) is 4.26. The summed E-state index contributed by atoms with van der Waals surface area (Å²) < 4.78 is 0. The molecule has 0 radical (unpaired) electrons. The number of aromatic carboxylic acids is 1. The second kappa shape index (κ2) is 6.17. The maximum atomic E-state index is 11.0. The number of alkyl halides is 1. The van der Waals surface area contributed by atoms with Gasteiger partial charge in [0.05, 0.1) is 10.5 Å². The van der Waals surface area contributed by atoms with Gasteiger partial charge in [0, 0.05) is 28.9 Å². The molecule has 0 heterocycles. The molecule has 0 atom stereocenters. The minimum absolute atomic E-state index is 0.0904. The van der Waals surface area contributed by atoms with E-state index in [2.05, 4.69) is 27.8 Å². The molecule has 0 aromatic heterocycles. The quantitative estimate of drug-likeness (QED) is 0.403. The maximum Gasteiger partial charge on any atom is 0.336 e. The van der Waals surface area contributed by atoms with Crippen molar-refractivity contribution in [1.29, 1.82) is 0 Å². The molecule has 0 aliphatic rings. The Labute approximate surface area is 112 Å². The van der Waals surface area contributed by atoms with Crippen LogP contribution in [0.5, 0.6) is 0 Å². The second-order valence-electron chi connectivity index (χ2n) is 3.47. The van der Waals surface area contributed by atoms with Crippen molar-refractivity contribution in [2.45, 2.75) is 13.3 Å². The van der Waals surface area contributed by atoms with Crippen molar-refractivity contribution in [2.75, 3.05) is 5.33 Å². The van der Waals surface area contributed by atoms with Crippen molar-refractivity contribution in [3.63, 3.8) is 0 Å². The number of carboxylic acid groups (broad SMARTS) is 1. The van der Waals surface area contributed by atoms with Gasteiger partial charge < -0.3 is 5.11 Å². The highest BCUT2D eigenvalue weighted by molar-refractivity contribution is 9.09. The van der Waals surface area contributed by atoms with Crippen LogP contribution in [0.1, 0.15) is 27.9 Å². The van der Waals surface area contributed by atoms with E-state index in [1.807, 2.05) is 0 Å². The normalized spacial score (nSPS) is 9.44. The Kier molecular flexibility index (Phi) is 4.86. The Bertz CT molecular complexity index is 522. The molecule has 1 N–H and O–H groups in total. The molecule has 0 saturated heterocycles. The summed E-state index contributed by atoms with van der Waals surface area (Å²) in [6.45, 7) is 1.41. The van der Waals surface area contributed by atoms with Gasteiger partial charge >= 0.3 is 5.97 Å². The van der Waals surface area contributed by atoms with Crippen LogP contribution in [0.25, 0.3) is 0 Å². The molecule has 6 heteroatoms. The van der Waals surface area contributed by atoms with Gasteiger partial charge in [0.2, 0.25) is 0 Å². The number of halogens is 1. The number of rotatable bonds is 3. The first kappa shape index (κ1) is 14.2. The zero-order valence-corrected chi connectivity index (χ0v) is 11.2. The predicted octanol–water partition coefficient (Wildman–Crippen LogP) is 2.74. The lowest BCUT2D eigenvalue weighted by Gasteiger charge is -2.03. The number of benzene rings is 1. The highest BCUT2D eigenvalue weighted by atomic mass is 79.9. The lowest BCUT2D eigenvalue weighted by atomic mass is 10.0. The number of nitrogens with zero attached hydrogens (tertiary/aromatic N) is 1. The SMILES string of the molecule is Cc1c(C(=O)O)cc(C#CCCBr)cc1[N+](=O)[O-]. The molecule has 0 unspecified atom stereocenters. The fourth-order valence-electron chi connectivity index (χ4n) is 1.39. The molecule has 1 rings (SSSR count). The minimum atomic E-state index is -1.19. The topological polar surface area (TPSA) is 80.4 Å². The van der Waals surface area contributed by atoms with Gasteiger partial charge in [-0.05, 0) is 13.0 Å². The third-order valence-corrected chi connectivity index (χ3v) is 2.66. The van der Waals surface area contributed by atoms with Crippen LogP contribution in [-0.2, 0) is 0 Å². The van der Waals surface area contributed by atoms with Crippen LogP contribution in [0, 0.1) is 28.9 Å². The first-order chi connectivity index (χ1) is 8.47. The molecule has 0 fully saturated rings. The molecule has 0 aliphatic heterocycles. The van der Waals surface area contributed by atoms with Crippen LogP contribution < -0.4 is 0 Å². The number of nitro benzene ring substituents is 1. The summed E-state index contributed by atoms with van der Waals surface area (Å²) in [7, 11) is 0. The van der Waals surface area contributed by atoms with E-state index in [0.29, 0.717) is 17.3 Å². The fraction of sp³-hybridized carbons (Fsp3) is 0.250. The molecule has 0 bridgehead atoms. The van der Waals surface area contributed by atoms with E-state index in [4.69, 9.17) is 5.11 Å². The van der Waals surface area contributed by atoms with Gasteiger partial charge in [-0.3, -0.25) is 10.1 Å². The number of carboxylic acids is 1. The smallest absolute Gasteiger partial charge is 0.336 e. The first-order valence-electron chi connectivity index (χ1n) is 5.04. The summed E-state index contributed by atoms with van der Waals surface area (Å²) in [5.74, 6) is 4.31. The Hall–Kier alpha value is -1.87. The summed E-state index contributed by atoms with van der Waals surface area (Å²) in [6.07, 6.45) is 0.587. The van der Waals surface area contributed by atoms with Crippen molar-refractivity contribution in [2.24, 2.45) is 0 Å².